The summed E-state index contributed by atoms with van der Waals surface area (Å²) in [6.07, 6.45) is 4.39. The zero-order valence-corrected chi connectivity index (χ0v) is 17.5. The molecule has 0 radical (unpaired) electrons. The number of anilines is 1. The Hall–Kier alpha value is -2.96. The Labute approximate surface area is 178 Å². The summed E-state index contributed by atoms with van der Waals surface area (Å²) >= 11 is 0. The molecule has 2 heterocycles. The zero-order chi connectivity index (χ0) is 20.8. The van der Waals surface area contributed by atoms with Gasteiger partial charge in [0.1, 0.15) is 11.6 Å². The fourth-order valence-electron chi connectivity index (χ4n) is 3.93. The molecule has 0 aliphatic carbocycles. The van der Waals surface area contributed by atoms with Gasteiger partial charge in [0.15, 0.2) is 0 Å². The number of nitrogens with zero attached hydrogens (tertiary/aromatic N) is 4. The first-order valence-corrected chi connectivity index (χ1v) is 10.4. The molecule has 0 amide bonds. The number of benzene rings is 2. The summed E-state index contributed by atoms with van der Waals surface area (Å²) < 4.78 is 5.53. The Morgan fingerprint density at radius 3 is 2.43 bits per heavy atom. The normalized spacial score (nSPS) is 15.2. The fourth-order valence-corrected chi connectivity index (χ4v) is 3.93. The topological polar surface area (TPSA) is 67.5 Å². The van der Waals surface area contributed by atoms with E-state index in [1.807, 2.05) is 6.07 Å². The summed E-state index contributed by atoms with van der Waals surface area (Å²) in [5.41, 5.74) is 10.1. The van der Waals surface area contributed by atoms with E-state index >= 15 is 0 Å². The minimum absolute atomic E-state index is 0.409. The SMILES string of the molecule is COc1ccc(CN2CCN(CCc3ccccc3)CC2)cc1-c1cncc(N)n1. The molecule has 4 rings (SSSR count). The second-order valence-electron chi connectivity index (χ2n) is 7.72. The van der Waals surface area contributed by atoms with Crippen molar-refractivity contribution in [3.63, 3.8) is 0 Å². The highest BCUT2D eigenvalue weighted by Gasteiger charge is 2.18. The van der Waals surface area contributed by atoms with Gasteiger partial charge in [0.05, 0.1) is 25.2 Å². The molecule has 1 saturated heterocycles. The van der Waals surface area contributed by atoms with Gasteiger partial charge in [0.2, 0.25) is 0 Å². The quantitative estimate of drug-likeness (QED) is 0.654. The maximum atomic E-state index is 5.82. The largest absolute Gasteiger partial charge is 0.496 e. The maximum Gasteiger partial charge on any atom is 0.142 e. The number of hydrogen-bond acceptors (Lipinski definition) is 6. The highest BCUT2D eigenvalue weighted by Crippen LogP contribution is 2.30. The highest BCUT2D eigenvalue weighted by molar-refractivity contribution is 5.68. The number of methoxy groups -OCH3 is 1. The molecule has 0 unspecified atom stereocenters. The molecule has 6 nitrogen and oxygen atoms in total. The van der Waals surface area contributed by atoms with E-state index in [9.17, 15) is 0 Å². The van der Waals surface area contributed by atoms with Gasteiger partial charge in [-0.15, -0.1) is 0 Å². The maximum absolute atomic E-state index is 5.82. The Balaban J connectivity index is 1.35. The second kappa shape index (κ2) is 9.69. The van der Waals surface area contributed by atoms with Crippen LogP contribution in [0.4, 0.5) is 5.82 Å². The minimum Gasteiger partial charge on any atom is -0.496 e. The van der Waals surface area contributed by atoms with E-state index in [0.717, 1.165) is 62.7 Å². The van der Waals surface area contributed by atoms with Crippen LogP contribution in [0.15, 0.2) is 60.9 Å². The Bertz CT molecular complexity index is 955. The molecule has 1 aromatic heterocycles. The number of rotatable bonds is 7. The number of nitrogens with two attached hydrogens (primary N) is 1. The van der Waals surface area contributed by atoms with Crippen LogP contribution >= 0.6 is 0 Å². The molecular formula is C24H29N5O. The molecule has 0 saturated carbocycles. The Kier molecular flexibility index (Phi) is 6.57. The summed E-state index contributed by atoms with van der Waals surface area (Å²) in [5.74, 6) is 1.19. The van der Waals surface area contributed by atoms with E-state index in [1.54, 1.807) is 19.5 Å². The van der Waals surface area contributed by atoms with Crippen LogP contribution in [0.2, 0.25) is 0 Å². The highest BCUT2D eigenvalue weighted by atomic mass is 16.5. The van der Waals surface area contributed by atoms with Crippen LogP contribution in [0, 0.1) is 0 Å². The summed E-state index contributed by atoms with van der Waals surface area (Å²) in [6.45, 7) is 6.41. The number of aromatic nitrogens is 2. The van der Waals surface area contributed by atoms with Crippen LogP contribution in [0.5, 0.6) is 5.75 Å². The van der Waals surface area contributed by atoms with E-state index in [-0.39, 0.29) is 0 Å². The molecule has 6 heteroatoms. The van der Waals surface area contributed by atoms with E-state index in [1.165, 1.54) is 11.1 Å². The third kappa shape index (κ3) is 5.14. The number of nitrogen functional groups attached to an aromatic ring is 1. The summed E-state index contributed by atoms with van der Waals surface area (Å²) in [7, 11) is 1.67. The number of hydrogen-bond donors (Lipinski definition) is 1. The summed E-state index contributed by atoms with van der Waals surface area (Å²) in [5, 5.41) is 0. The molecular weight excluding hydrogens is 374 g/mol. The molecule has 0 atom stereocenters. The molecule has 3 aromatic rings. The first-order chi connectivity index (χ1) is 14.7. The molecule has 1 aliphatic heterocycles. The van der Waals surface area contributed by atoms with Gasteiger partial charge >= 0.3 is 0 Å². The van der Waals surface area contributed by atoms with Gasteiger partial charge < -0.3 is 15.4 Å². The van der Waals surface area contributed by atoms with Crippen molar-refractivity contribution in [1.82, 2.24) is 19.8 Å². The van der Waals surface area contributed by atoms with Crippen molar-refractivity contribution >= 4 is 5.82 Å². The van der Waals surface area contributed by atoms with Gasteiger partial charge in [0.25, 0.3) is 0 Å². The summed E-state index contributed by atoms with van der Waals surface area (Å²) in [4.78, 5) is 13.7. The van der Waals surface area contributed by atoms with Crippen molar-refractivity contribution in [2.45, 2.75) is 13.0 Å². The van der Waals surface area contributed by atoms with E-state index in [0.29, 0.717) is 5.82 Å². The lowest BCUT2D eigenvalue weighted by Crippen LogP contribution is -2.46. The lowest BCUT2D eigenvalue weighted by Gasteiger charge is -2.34. The van der Waals surface area contributed by atoms with Crippen LogP contribution in [-0.2, 0) is 13.0 Å². The minimum atomic E-state index is 0.409. The smallest absolute Gasteiger partial charge is 0.142 e. The average molecular weight is 404 g/mol. The van der Waals surface area contributed by atoms with Crippen molar-refractivity contribution in [1.29, 1.82) is 0 Å². The van der Waals surface area contributed by atoms with Crippen molar-refractivity contribution in [2.24, 2.45) is 0 Å². The van der Waals surface area contributed by atoms with Crippen molar-refractivity contribution in [3.8, 4) is 17.0 Å². The van der Waals surface area contributed by atoms with Crippen molar-refractivity contribution in [3.05, 3.63) is 72.1 Å². The van der Waals surface area contributed by atoms with Crippen LogP contribution in [0.1, 0.15) is 11.1 Å². The lowest BCUT2D eigenvalue weighted by molar-refractivity contribution is 0.128. The Morgan fingerprint density at radius 2 is 1.70 bits per heavy atom. The first kappa shape index (κ1) is 20.3. The van der Waals surface area contributed by atoms with Crippen LogP contribution < -0.4 is 10.5 Å². The predicted octanol–water partition coefficient (Wildman–Crippen LogP) is 3.09. The fraction of sp³-hybridized carbons (Fsp3) is 0.333. The van der Waals surface area contributed by atoms with E-state index in [2.05, 4.69) is 62.2 Å². The monoisotopic (exact) mass is 403 g/mol. The third-order valence-corrected chi connectivity index (χ3v) is 5.62. The molecule has 1 aliphatic rings. The first-order valence-electron chi connectivity index (χ1n) is 10.4. The molecule has 0 spiro atoms. The molecule has 156 valence electrons. The number of piperazine rings is 1. The van der Waals surface area contributed by atoms with Gasteiger partial charge in [0, 0.05) is 44.8 Å². The van der Waals surface area contributed by atoms with Gasteiger partial charge in [-0.2, -0.15) is 0 Å². The molecule has 30 heavy (non-hydrogen) atoms. The lowest BCUT2D eigenvalue weighted by atomic mass is 10.1. The predicted molar refractivity (Wildman–Crippen MR) is 120 cm³/mol. The summed E-state index contributed by atoms with van der Waals surface area (Å²) in [6, 6.07) is 17.0. The zero-order valence-electron chi connectivity index (χ0n) is 17.5. The molecule has 1 fully saturated rings. The molecule has 0 bridgehead atoms. The molecule has 2 N–H and O–H groups in total. The van der Waals surface area contributed by atoms with Crippen LogP contribution in [0.3, 0.4) is 0 Å². The second-order valence-corrected chi connectivity index (χ2v) is 7.72. The molecule has 2 aromatic carbocycles. The third-order valence-electron chi connectivity index (χ3n) is 5.62. The van der Waals surface area contributed by atoms with Crippen LogP contribution in [0.25, 0.3) is 11.3 Å². The van der Waals surface area contributed by atoms with E-state index in [4.69, 9.17) is 10.5 Å². The average Bonchev–Trinajstić information content (AvgIpc) is 2.79. The Morgan fingerprint density at radius 1 is 0.933 bits per heavy atom. The van der Waals surface area contributed by atoms with Gasteiger partial charge in [-0.05, 0) is 29.7 Å². The van der Waals surface area contributed by atoms with Gasteiger partial charge in [-0.1, -0.05) is 36.4 Å². The van der Waals surface area contributed by atoms with Gasteiger partial charge in [-0.25, -0.2) is 4.98 Å². The van der Waals surface area contributed by atoms with Crippen molar-refractivity contribution in [2.75, 3.05) is 45.6 Å². The van der Waals surface area contributed by atoms with Gasteiger partial charge in [-0.3, -0.25) is 9.88 Å². The van der Waals surface area contributed by atoms with Crippen molar-refractivity contribution < 1.29 is 4.74 Å². The van der Waals surface area contributed by atoms with E-state index < -0.39 is 0 Å². The van der Waals surface area contributed by atoms with Crippen LogP contribution in [-0.4, -0.2) is 59.6 Å². The number of ether oxygens (including phenoxy) is 1. The standard InChI is InChI=1S/C24H29N5O/c1-30-23-8-7-20(15-21(23)22-16-26-17-24(25)27-22)18-29-13-11-28(12-14-29)10-9-19-5-3-2-4-6-19/h2-8,15-17H,9-14,18H2,1H3,(H2,25,27).